The molecule has 0 spiro atoms. The standard InChI is InChI=1S/C12H11BrFNO3/c1-7-4-9(14)8(13)5-10(7)15-12(16)11-6-17-2-3-18-11/h4-6H,2-3H2,1H3,(H,15,16). The predicted octanol–water partition coefficient (Wildman–Crippen LogP) is 2.72. The van der Waals surface area contributed by atoms with Gasteiger partial charge in [0.2, 0.25) is 5.76 Å². The quantitative estimate of drug-likeness (QED) is 0.913. The zero-order valence-electron chi connectivity index (χ0n) is 9.63. The Morgan fingerprint density at radius 3 is 2.89 bits per heavy atom. The maximum absolute atomic E-state index is 13.2. The number of ether oxygens (including phenoxy) is 2. The van der Waals surface area contributed by atoms with Crippen LogP contribution in [0, 0.1) is 12.7 Å². The fraction of sp³-hybridized carbons (Fsp3) is 0.250. The number of benzene rings is 1. The molecule has 1 aromatic carbocycles. The Hall–Kier alpha value is -1.56. The van der Waals surface area contributed by atoms with Crippen molar-refractivity contribution < 1.29 is 18.7 Å². The Bertz CT molecular complexity index is 516. The fourth-order valence-corrected chi connectivity index (χ4v) is 1.80. The molecule has 1 aliphatic rings. The molecule has 18 heavy (non-hydrogen) atoms. The second-order valence-corrected chi connectivity index (χ2v) is 4.59. The van der Waals surface area contributed by atoms with Crippen LogP contribution in [0.2, 0.25) is 0 Å². The van der Waals surface area contributed by atoms with Gasteiger partial charge in [-0.25, -0.2) is 4.39 Å². The Morgan fingerprint density at radius 1 is 1.44 bits per heavy atom. The van der Waals surface area contributed by atoms with E-state index in [0.29, 0.717) is 24.5 Å². The van der Waals surface area contributed by atoms with E-state index in [1.165, 1.54) is 18.4 Å². The molecule has 2 rings (SSSR count). The van der Waals surface area contributed by atoms with Crippen molar-refractivity contribution in [3.05, 3.63) is 40.0 Å². The second-order valence-electron chi connectivity index (χ2n) is 3.74. The van der Waals surface area contributed by atoms with E-state index in [1.54, 1.807) is 6.92 Å². The summed E-state index contributed by atoms with van der Waals surface area (Å²) < 4.78 is 23.7. The van der Waals surface area contributed by atoms with Crippen LogP contribution < -0.4 is 5.32 Å². The zero-order chi connectivity index (χ0) is 13.1. The molecule has 96 valence electrons. The lowest BCUT2D eigenvalue weighted by atomic mass is 10.2. The molecule has 4 nitrogen and oxygen atoms in total. The molecule has 1 aliphatic heterocycles. The summed E-state index contributed by atoms with van der Waals surface area (Å²) in [7, 11) is 0. The van der Waals surface area contributed by atoms with Gasteiger partial charge in [-0.15, -0.1) is 0 Å². The van der Waals surface area contributed by atoms with Gasteiger partial charge in [0.05, 0.1) is 4.47 Å². The van der Waals surface area contributed by atoms with Gasteiger partial charge in [-0.2, -0.15) is 0 Å². The highest BCUT2D eigenvalue weighted by Crippen LogP contribution is 2.24. The number of hydrogen-bond acceptors (Lipinski definition) is 3. The summed E-state index contributed by atoms with van der Waals surface area (Å²) in [5.41, 5.74) is 1.14. The Morgan fingerprint density at radius 2 is 2.22 bits per heavy atom. The van der Waals surface area contributed by atoms with Gasteiger partial charge in [0.25, 0.3) is 5.91 Å². The average molecular weight is 316 g/mol. The van der Waals surface area contributed by atoms with Crippen molar-refractivity contribution in [3.63, 3.8) is 0 Å². The van der Waals surface area contributed by atoms with E-state index >= 15 is 0 Å². The van der Waals surface area contributed by atoms with Crippen LogP contribution in [-0.4, -0.2) is 19.1 Å². The predicted molar refractivity (Wildman–Crippen MR) is 67.5 cm³/mol. The molecule has 0 unspecified atom stereocenters. The molecule has 6 heteroatoms. The molecule has 1 heterocycles. The average Bonchev–Trinajstić information content (AvgIpc) is 2.37. The van der Waals surface area contributed by atoms with E-state index in [1.807, 2.05) is 0 Å². The lowest BCUT2D eigenvalue weighted by molar-refractivity contribution is -0.117. The number of hydrogen-bond donors (Lipinski definition) is 1. The third-order valence-corrected chi connectivity index (χ3v) is 3.00. The first kappa shape index (κ1) is 12.9. The number of halogens is 2. The van der Waals surface area contributed by atoms with Crippen molar-refractivity contribution >= 4 is 27.5 Å². The normalized spacial score (nSPS) is 14.3. The molecule has 1 N–H and O–H groups in total. The molecule has 0 saturated carbocycles. The van der Waals surface area contributed by atoms with Crippen LogP contribution in [0.1, 0.15) is 5.56 Å². The van der Waals surface area contributed by atoms with Crippen LogP contribution in [0.5, 0.6) is 0 Å². The first-order valence-electron chi connectivity index (χ1n) is 5.29. The first-order chi connectivity index (χ1) is 8.58. The highest BCUT2D eigenvalue weighted by Gasteiger charge is 2.16. The van der Waals surface area contributed by atoms with E-state index in [2.05, 4.69) is 21.2 Å². The Balaban J connectivity index is 2.16. The van der Waals surface area contributed by atoms with E-state index in [-0.39, 0.29) is 16.0 Å². The lowest BCUT2D eigenvalue weighted by Crippen LogP contribution is -2.21. The van der Waals surface area contributed by atoms with Gasteiger partial charge in [0.15, 0.2) is 0 Å². The topological polar surface area (TPSA) is 47.6 Å². The summed E-state index contributed by atoms with van der Waals surface area (Å²) in [5.74, 6) is -0.681. The molecule has 0 radical (unpaired) electrons. The third kappa shape index (κ3) is 2.81. The lowest BCUT2D eigenvalue weighted by Gasteiger charge is -2.16. The summed E-state index contributed by atoms with van der Waals surface area (Å²) in [6, 6.07) is 2.85. The molecular weight excluding hydrogens is 305 g/mol. The van der Waals surface area contributed by atoms with Gasteiger partial charge < -0.3 is 14.8 Å². The molecule has 0 aromatic heterocycles. The smallest absolute Gasteiger partial charge is 0.294 e. The summed E-state index contributed by atoms with van der Waals surface area (Å²) in [5, 5.41) is 2.64. The molecular formula is C12H11BrFNO3. The van der Waals surface area contributed by atoms with Crippen LogP contribution >= 0.6 is 15.9 Å². The minimum atomic E-state index is -0.420. The molecule has 0 bridgehead atoms. The van der Waals surface area contributed by atoms with Crippen LogP contribution in [0.15, 0.2) is 28.6 Å². The SMILES string of the molecule is Cc1cc(F)c(Br)cc1NC(=O)C1=COCCO1. The molecule has 0 saturated heterocycles. The van der Waals surface area contributed by atoms with Crippen molar-refractivity contribution in [1.82, 2.24) is 0 Å². The number of carbonyl (C=O) groups is 1. The fourth-order valence-electron chi connectivity index (χ4n) is 1.45. The summed E-state index contributed by atoms with van der Waals surface area (Å²) in [6.07, 6.45) is 1.27. The van der Waals surface area contributed by atoms with Crippen LogP contribution in [0.3, 0.4) is 0 Å². The van der Waals surface area contributed by atoms with Gasteiger partial charge in [-0.05, 0) is 40.5 Å². The van der Waals surface area contributed by atoms with E-state index < -0.39 is 5.91 Å². The first-order valence-corrected chi connectivity index (χ1v) is 6.09. The van der Waals surface area contributed by atoms with Crippen LogP contribution in [0.25, 0.3) is 0 Å². The van der Waals surface area contributed by atoms with Crippen molar-refractivity contribution in [2.45, 2.75) is 6.92 Å². The van der Waals surface area contributed by atoms with Crippen molar-refractivity contribution in [1.29, 1.82) is 0 Å². The summed E-state index contributed by atoms with van der Waals surface area (Å²) >= 11 is 3.07. The molecule has 0 atom stereocenters. The number of rotatable bonds is 2. The monoisotopic (exact) mass is 315 g/mol. The third-order valence-electron chi connectivity index (χ3n) is 2.39. The van der Waals surface area contributed by atoms with Gasteiger partial charge in [-0.1, -0.05) is 0 Å². The van der Waals surface area contributed by atoms with Crippen LogP contribution in [0.4, 0.5) is 10.1 Å². The molecule has 1 amide bonds. The highest BCUT2D eigenvalue weighted by atomic mass is 79.9. The molecule has 1 aromatic rings. The largest absolute Gasteiger partial charge is 0.494 e. The maximum atomic E-state index is 13.2. The van der Waals surface area contributed by atoms with Gasteiger partial charge in [0, 0.05) is 5.69 Å². The van der Waals surface area contributed by atoms with E-state index in [9.17, 15) is 9.18 Å². The highest BCUT2D eigenvalue weighted by molar-refractivity contribution is 9.10. The van der Waals surface area contributed by atoms with Crippen molar-refractivity contribution in [2.75, 3.05) is 18.5 Å². The minimum Gasteiger partial charge on any atom is -0.494 e. The Labute approximate surface area is 112 Å². The number of anilines is 1. The second kappa shape index (κ2) is 5.39. The Kier molecular flexibility index (Phi) is 3.86. The van der Waals surface area contributed by atoms with E-state index in [4.69, 9.17) is 9.47 Å². The van der Waals surface area contributed by atoms with Crippen molar-refractivity contribution in [2.24, 2.45) is 0 Å². The minimum absolute atomic E-state index is 0.112. The molecule has 0 aliphatic carbocycles. The summed E-state index contributed by atoms with van der Waals surface area (Å²) in [6.45, 7) is 2.47. The number of amides is 1. The van der Waals surface area contributed by atoms with Crippen molar-refractivity contribution in [3.8, 4) is 0 Å². The number of nitrogens with one attached hydrogen (secondary N) is 1. The van der Waals surface area contributed by atoms with Gasteiger partial charge in [-0.3, -0.25) is 4.79 Å². The summed E-state index contributed by atoms with van der Waals surface area (Å²) in [4.78, 5) is 11.8. The molecule has 0 fully saturated rings. The number of carbonyl (C=O) groups excluding carboxylic acids is 1. The zero-order valence-corrected chi connectivity index (χ0v) is 11.2. The van der Waals surface area contributed by atoms with Gasteiger partial charge in [0.1, 0.15) is 25.3 Å². The number of aryl methyl sites for hydroxylation is 1. The maximum Gasteiger partial charge on any atom is 0.294 e. The van der Waals surface area contributed by atoms with Crippen LogP contribution in [-0.2, 0) is 14.3 Å². The van der Waals surface area contributed by atoms with E-state index in [0.717, 1.165) is 0 Å². The van der Waals surface area contributed by atoms with Gasteiger partial charge >= 0.3 is 0 Å².